The van der Waals surface area contributed by atoms with E-state index in [2.05, 4.69) is 36.7 Å². The van der Waals surface area contributed by atoms with E-state index in [9.17, 15) is 14.7 Å². The fraction of sp³-hybridized carbons (Fsp3) is 0.905. The van der Waals surface area contributed by atoms with Gasteiger partial charge in [-0.25, -0.2) is 0 Å². The number of alkyl halides is 1. The molecule has 0 aromatic heterocycles. The van der Waals surface area contributed by atoms with E-state index in [0.717, 1.165) is 38.5 Å². The SMILES string of the molecule is CC(=O)S[C@H]1CC[C@](C)(C2CC[C@]3(C)C(=O)[C@H](Br)CC3C2C)[C@@H](CO)C1. The number of thioether (sulfide) groups is 1. The molecule has 0 radical (unpaired) electrons. The van der Waals surface area contributed by atoms with Crippen molar-refractivity contribution in [2.75, 3.05) is 6.61 Å². The zero-order valence-electron chi connectivity index (χ0n) is 16.5. The van der Waals surface area contributed by atoms with Crippen molar-refractivity contribution in [3.63, 3.8) is 0 Å². The second-order valence-corrected chi connectivity index (χ2v) is 12.1. The molecule has 3 fully saturated rings. The first-order chi connectivity index (χ1) is 12.1. The molecule has 0 spiro atoms. The molecule has 3 aliphatic carbocycles. The molecule has 0 aromatic rings. The molecule has 0 amide bonds. The summed E-state index contributed by atoms with van der Waals surface area (Å²) in [5, 5.41) is 10.7. The molecule has 3 unspecified atom stereocenters. The fourth-order valence-corrected chi connectivity index (χ4v) is 8.62. The molecule has 0 bridgehead atoms. The Labute approximate surface area is 170 Å². The highest BCUT2D eigenvalue weighted by Crippen LogP contribution is 2.62. The second-order valence-electron chi connectivity index (χ2n) is 9.49. The Hall–Kier alpha value is 0.130. The molecule has 3 saturated carbocycles. The Kier molecular flexibility index (Phi) is 6.03. The lowest BCUT2D eigenvalue weighted by atomic mass is 9.50. The molecule has 8 atom stereocenters. The normalized spacial score (nSPS) is 49.1. The van der Waals surface area contributed by atoms with Crippen LogP contribution in [0.5, 0.6) is 0 Å². The van der Waals surface area contributed by atoms with Crippen molar-refractivity contribution in [2.24, 2.45) is 34.5 Å². The molecule has 3 nitrogen and oxygen atoms in total. The number of Topliss-reactive ketones (excluding diaryl/α,β-unsaturated/α-hetero) is 1. The molecule has 0 saturated heterocycles. The highest BCUT2D eigenvalue weighted by molar-refractivity contribution is 9.10. The zero-order chi connectivity index (χ0) is 19.3. The van der Waals surface area contributed by atoms with Crippen LogP contribution in [-0.4, -0.2) is 32.7 Å². The van der Waals surface area contributed by atoms with Gasteiger partial charge in [-0.3, -0.25) is 9.59 Å². The van der Waals surface area contributed by atoms with E-state index in [-0.39, 0.29) is 33.3 Å². The highest BCUT2D eigenvalue weighted by Gasteiger charge is 2.59. The molecule has 0 heterocycles. The summed E-state index contributed by atoms with van der Waals surface area (Å²) in [6.45, 7) is 8.75. The quantitative estimate of drug-likeness (QED) is 0.632. The van der Waals surface area contributed by atoms with Crippen molar-refractivity contribution in [3.05, 3.63) is 0 Å². The van der Waals surface area contributed by atoms with Gasteiger partial charge in [-0.05, 0) is 67.6 Å². The average Bonchev–Trinajstić information content (AvgIpc) is 2.81. The van der Waals surface area contributed by atoms with E-state index >= 15 is 0 Å². The van der Waals surface area contributed by atoms with Crippen LogP contribution >= 0.6 is 27.7 Å². The maximum atomic E-state index is 12.7. The lowest BCUT2D eigenvalue weighted by molar-refractivity contribution is -0.133. The Balaban J connectivity index is 1.80. The molecule has 148 valence electrons. The van der Waals surface area contributed by atoms with Gasteiger partial charge in [-0.15, -0.1) is 0 Å². The van der Waals surface area contributed by atoms with Crippen molar-refractivity contribution in [1.82, 2.24) is 0 Å². The van der Waals surface area contributed by atoms with Crippen LogP contribution in [0.4, 0.5) is 0 Å². The monoisotopic (exact) mass is 444 g/mol. The summed E-state index contributed by atoms with van der Waals surface area (Å²) in [7, 11) is 0. The van der Waals surface area contributed by atoms with Crippen LogP contribution in [-0.2, 0) is 9.59 Å². The van der Waals surface area contributed by atoms with E-state index in [1.807, 2.05) is 0 Å². The molecule has 26 heavy (non-hydrogen) atoms. The molecule has 5 heteroatoms. The number of aliphatic hydroxyl groups excluding tert-OH is 1. The lowest BCUT2D eigenvalue weighted by Gasteiger charge is -2.55. The zero-order valence-corrected chi connectivity index (χ0v) is 18.9. The van der Waals surface area contributed by atoms with Crippen LogP contribution < -0.4 is 0 Å². The topological polar surface area (TPSA) is 54.4 Å². The van der Waals surface area contributed by atoms with Gasteiger partial charge in [0.2, 0.25) is 0 Å². The minimum Gasteiger partial charge on any atom is -0.396 e. The van der Waals surface area contributed by atoms with Crippen molar-refractivity contribution < 1.29 is 14.7 Å². The minimum atomic E-state index is -0.170. The first kappa shape index (κ1) is 20.9. The van der Waals surface area contributed by atoms with Crippen LogP contribution in [0.15, 0.2) is 0 Å². The number of fused-ring (bicyclic) bond motifs is 1. The standard InChI is InChI=1S/C21H33BrO3S/c1-12-16(6-8-21(4)17(12)10-18(22)19(21)25)20(3)7-5-15(26-13(2)24)9-14(20)11-23/h12,14-18,23H,5-11H2,1-4H3/t12?,14-,15+,16?,17?,18-,20+,21+/m1/s1. The van der Waals surface area contributed by atoms with Crippen molar-refractivity contribution >= 4 is 38.6 Å². The number of carbonyl (C=O) groups is 2. The van der Waals surface area contributed by atoms with Gasteiger partial charge in [0.05, 0.1) is 4.83 Å². The second kappa shape index (κ2) is 7.51. The fourth-order valence-electron chi connectivity index (χ4n) is 6.66. The van der Waals surface area contributed by atoms with Crippen LogP contribution in [0, 0.1) is 34.5 Å². The first-order valence-corrected chi connectivity index (χ1v) is 11.9. The number of carbonyl (C=O) groups excluding carboxylic acids is 2. The Bertz CT molecular complexity index is 582. The van der Waals surface area contributed by atoms with Crippen LogP contribution in [0.25, 0.3) is 0 Å². The summed E-state index contributed by atoms with van der Waals surface area (Å²) in [6.07, 6.45) is 6.08. The highest BCUT2D eigenvalue weighted by atomic mass is 79.9. The predicted octanol–water partition coefficient (Wildman–Crippen LogP) is 4.84. The van der Waals surface area contributed by atoms with Crippen LogP contribution in [0.1, 0.15) is 66.2 Å². The first-order valence-electron chi connectivity index (χ1n) is 10.1. The summed E-state index contributed by atoms with van der Waals surface area (Å²) in [5.41, 5.74) is -0.0619. The molecule has 3 aliphatic rings. The number of hydrogen-bond acceptors (Lipinski definition) is 4. The largest absolute Gasteiger partial charge is 0.396 e. The molecule has 0 aromatic carbocycles. The Morgan fingerprint density at radius 2 is 1.92 bits per heavy atom. The predicted molar refractivity (Wildman–Crippen MR) is 110 cm³/mol. The Morgan fingerprint density at radius 1 is 1.23 bits per heavy atom. The average molecular weight is 445 g/mol. The van der Waals surface area contributed by atoms with Gasteiger partial charge >= 0.3 is 0 Å². The third-order valence-electron chi connectivity index (χ3n) is 8.26. The van der Waals surface area contributed by atoms with Gasteiger partial charge in [-0.1, -0.05) is 48.5 Å². The number of rotatable bonds is 3. The molecular weight excluding hydrogens is 412 g/mol. The lowest BCUT2D eigenvalue weighted by Crippen LogP contribution is -2.51. The van der Waals surface area contributed by atoms with Gasteiger partial charge in [0, 0.05) is 24.2 Å². The van der Waals surface area contributed by atoms with Crippen LogP contribution in [0.2, 0.25) is 0 Å². The van der Waals surface area contributed by atoms with Crippen molar-refractivity contribution in [2.45, 2.75) is 76.3 Å². The molecule has 3 rings (SSSR count). The van der Waals surface area contributed by atoms with E-state index in [4.69, 9.17) is 0 Å². The number of halogens is 1. The van der Waals surface area contributed by atoms with Gasteiger partial charge in [0.15, 0.2) is 10.9 Å². The van der Waals surface area contributed by atoms with E-state index < -0.39 is 0 Å². The van der Waals surface area contributed by atoms with Gasteiger partial charge < -0.3 is 5.11 Å². The summed E-state index contributed by atoms with van der Waals surface area (Å²) in [5.74, 6) is 2.14. The third-order valence-corrected chi connectivity index (χ3v) is 10.1. The summed E-state index contributed by atoms with van der Waals surface area (Å²) in [6, 6.07) is 0. The van der Waals surface area contributed by atoms with Crippen molar-refractivity contribution in [1.29, 1.82) is 0 Å². The van der Waals surface area contributed by atoms with Crippen molar-refractivity contribution in [3.8, 4) is 0 Å². The van der Waals surface area contributed by atoms with Gasteiger partial charge in [0.25, 0.3) is 0 Å². The number of hydrogen-bond donors (Lipinski definition) is 1. The number of aliphatic hydroxyl groups is 1. The summed E-state index contributed by atoms with van der Waals surface area (Å²) in [4.78, 5) is 24.2. The maximum absolute atomic E-state index is 12.7. The summed E-state index contributed by atoms with van der Waals surface area (Å²) < 4.78 is 0. The Morgan fingerprint density at radius 3 is 2.54 bits per heavy atom. The van der Waals surface area contributed by atoms with Gasteiger partial charge in [-0.2, -0.15) is 0 Å². The van der Waals surface area contributed by atoms with E-state index in [1.54, 1.807) is 6.92 Å². The smallest absolute Gasteiger partial charge is 0.186 e. The molecule has 1 N–H and O–H groups in total. The van der Waals surface area contributed by atoms with E-state index in [0.29, 0.717) is 28.8 Å². The third kappa shape index (κ3) is 3.34. The molecule has 0 aliphatic heterocycles. The van der Waals surface area contributed by atoms with Crippen LogP contribution in [0.3, 0.4) is 0 Å². The molecular formula is C21H33BrO3S. The summed E-state index contributed by atoms with van der Waals surface area (Å²) >= 11 is 5.08. The number of ketones is 1. The maximum Gasteiger partial charge on any atom is 0.186 e. The minimum absolute atomic E-state index is 0.0165. The van der Waals surface area contributed by atoms with E-state index in [1.165, 1.54) is 11.8 Å². The van der Waals surface area contributed by atoms with Gasteiger partial charge in [0.1, 0.15) is 0 Å².